The highest BCUT2D eigenvalue weighted by Gasteiger charge is 2.41. The molecule has 3 aromatic rings. The Hall–Kier alpha value is -2.89. The van der Waals surface area contributed by atoms with E-state index in [0.29, 0.717) is 17.5 Å². The lowest BCUT2D eigenvalue weighted by molar-refractivity contribution is -0.140. The molecular formula is C25H17Cl3F7N3O. The largest absolute Gasteiger partial charge is 0.417 e. The van der Waals surface area contributed by atoms with Crippen LogP contribution in [0.25, 0.3) is 5.83 Å². The second kappa shape index (κ2) is 11.7. The first kappa shape index (κ1) is 30.6. The molecule has 0 amide bonds. The third kappa shape index (κ3) is 7.61. The molecule has 14 heteroatoms. The van der Waals surface area contributed by atoms with Gasteiger partial charge in [-0.3, -0.25) is 4.79 Å². The van der Waals surface area contributed by atoms with E-state index in [0.717, 1.165) is 18.2 Å². The molecule has 0 bridgehead atoms. The summed E-state index contributed by atoms with van der Waals surface area (Å²) >= 11 is 17.4. The Morgan fingerprint density at radius 1 is 0.949 bits per heavy atom. The molecule has 0 radical (unpaired) electrons. The zero-order valence-electron chi connectivity index (χ0n) is 19.9. The van der Waals surface area contributed by atoms with Gasteiger partial charge in [-0.05, 0) is 49.8 Å². The zero-order valence-corrected chi connectivity index (χ0v) is 22.2. The summed E-state index contributed by atoms with van der Waals surface area (Å²) in [5.74, 6) is -5.26. The molecule has 1 atom stereocenters. The average molecular weight is 615 g/mol. The number of nitrogens with one attached hydrogen (secondary N) is 1. The summed E-state index contributed by atoms with van der Waals surface area (Å²) in [7, 11) is 0. The molecule has 0 fully saturated rings. The third-order valence-electron chi connectivity index (χ3n) is 5.32. The number of aryl methyl sites for hydroxylation is 2. The van der Waals surface area contributed by atoms with Crippen LogP contribution in [0.2, 0.25) is 15.1 Å². The van der Waals surface area contributed by atoms with Gasteiger partial charge >= 0.3 is 12.4 Å². The Morgan fingerprint density at radius 3 is 2.03 bits per heavy atom. The first-order chi connectivity index (χ1) is 18.0. The average Bonchev–Trinajstić information content (AvgIpc) is 2.81. The number of aromatic nitrogens is 2. The van der Waals surface area contributed by atoms with E-state index in [1.807, 2.05) is 0 Å². The van der Waals surface area contributed by atoms with Gasteiger partial charge < -0.3 is 5.32 Å². The number of allylic oxidation sites excluding steroid dienone is 1. The quantitative estimate of drug-likeness (QED) is 0.164. The summed E-state index contributed by atoms with van der Waals surface area (Å²) in [4.78, 5) is 20.7. The molecule has 208 valence electrons. The number of nitrogens with zero attached hydrogens (tertiary/aromatic N) is 2. The Labute approximate surface area is 232 Å². The Balaban J connectivity index is 1.98. The first-order valence-corrected chi connectivity index (χ1v) is 12.0. The van der Waals surface area contributed by atoms with Crippen molar-refractivity contribution in [3.63, 3.8) is 0 Å². The van der Waals surface area contributed by atoms with Crippen molar-refractivity contribution < 1.29 is 35.5 Å². The molecule has 2 aromatic carbocycles. The van der Waals surface area contributed by atoms with Crippen LogP contribution in [0.15, 0.2) is 42.5 Å². The molecule has 3 rings (SSSR count). The normalized spacial score (nSPS) is 13.4. The minimum absolute atomic E-state index is 0.0144. The predicted molar refractivity (Wildman–Crippen MR) is 135 cm³/mol. The fraction of sp³-hybridized carbons (Fsp3) is 0.240. The lowest BCUT2D eigenvalue weighted by Gasteiger charge is -2.19. The number of rotatable bonds is 7. The van der Waals surface area contributed by atoms with E-state index in [-0.39, 0.29) is 33.2 Å². The lowest BCUT2D eigenvalue weighted by atomic mass is 9.95. The van der Waals surface area contributed by atoms with Crippen molar-refractivity contribution in [2.75, 3.05) is 11.9 Å². The first-order valence-electron chi connectivity index (χ1n) is 10.9. The molecule has 1 aromatic heterocycles. The smallest absolute Gasteiger partial charge is 0.347 e. The number of ketones is 1. The third-order valence-corrected chi connectivity index (χ3v) is 6.52. The number of hydrogen-bond acceptors (Lipinski definition) is 4. The number of anilines is 1. The van der Waals surface area contributed by atoms with Crippen molar-refractivity contribution in [3.05, 3.63) is 91.2 Å². The Morgan fingerprint density at radius 2 is 1.51 bits per heavy atom. The number of carbonyl (C=O) groups is 1. The van der Waals surface area contributed by atoms with Crippen molar-refractivity contribution >= 4 is 52.4 Å². The zero-order chi connectivity index (χ0) is 29.3. The molecule has 0 saturated heterocycles. The van der Waals surface area contributed by atoms with E-state index in [1.165, 1.54) is 0 Å². The van der Waals surface area contributed by atoms with Gasteiger partial charge in [-0.2, -0.15) is 26.3 Å². The van der Waals surface area contributed by atoms with Crippen molar-refractivity contribution in [3.8, 4) is 0 Å². The topological polar surface area (TPSA) is 54.9 Å². The summed E-state index contributed by atoms with van der Waals surface area (Å²) < 4.78 is 97.8. The van der Waals surface area contributed by atoms with Crippen molar-refractivity contribution in [2.45, 2.75) is 32.1 Å². The van der Waals surface area contributed by atoms with Gasteiger partial charge in [0.1, 0.15) is 11.7 Å². The molecule has 0 saturated carbocycles. The van der Waals surface area contributed by atoms with Crippen LogP contribution in [-0.4, -0.2) is 28.5 Å². The second-order valence-corrected chi connectivity index (χ2v) is 9.53. The molecule has 0 aliphatic carbocycles. The maximum atomic E-state index is 15.0. The van der Waals surface area contributed by atoms with Gasteiger partial charge in [-0.1, -0.05) is 46.9 Å². The Bertz CT molecular complexity index is 1400. The van der Waals surface area contributed by atoms with Crippen LogP contribution in [0.1, 0.15) is 44.4 Å². The molecule has 0 aliphatic heterocycles. The molecule has 1 heterocycles. The summed E-state index contributed by atoms with van der Waals surface area (Å²) in [6, 6.07) is 5.03. The second-order valence-electron chi connectivity index (χ2n) is 8.34. The SMILES string of the molecule is Cc1cc(C)nc(NCC(=O)c2ccc(/C(F)=C/C(c3cc(Cl)c(Cl)c(Cl)c3)C(F)(F)F)cc2C(F)(F)F)n1. The highest BCUT2D eigenvalue weighted by Crippen LogP contribution is 2.42. The molecule has 1 N–H and O–H groups in total. The Kier molecular flexibility index (Phi) is 9.19. The number of carbonyl (C=O) groups excluding carboxylic acids is 1. The van der Waals surface area contributed by atoms with Crippen LogP contribution in [0, 0.1) is 13.8 Å². The van der Waals surface area contributed by atoms with Crippen molar-refractivity contribution in [1.29, 1.82) is 0 Å². The fourth-order valence-electron chi connectivity index (χ4n) is 3.61. The fourth-order valence-corrected chi connectivity index (χ4v) is 4.22. The van der Waals surface area contributed by atoms with Crippen LogP contribution >= 0.6 is 34.8 Å². The number of alkyl halides is 6. The maximum absolute atomic E-state index is 15.0. The minimum atomic E-state index is -5.13. The molecular weight excluding hydrogens is 598 g/mol. The van der Waals surface area contributed by atoms with E-state index < -0.39 is 58.7 Å². The van der Waals surface area contributed by atoms with Gasteiger partial charge in [0.25, 0.3) is 0 Å². The standard InChI is InChI=1S/C25H17Cl3F7N3O/c1-11-5-12(2)38-23(37-11)36-10-21(39)15-4-3-13(6-17(15)25(33,34)35)20(29)9-16(24(30,31)32)14-7-18(26)22(28)19(27)8-14/h3-9,16H,10H2,1-2H3,(H,36,37,38)/b20-9-. The van der Waals surface area contributed by atoms with Crippen LogP contribution in [0.3, 0.4) is 0 Å². The lowest BCUT2D eigenvalue weighted by Crippen LogP contribution is -2.21. The number of Topliss-reactive ketones (excluding diaryl/α,β-unsaturated/α-hetero) is 1. The van der Waals surface area contributed by atoms with Crippen LogP contribution in [0.5, 0.6) is 0 Å². The van der Waals surface area contributed by atoms with Gasteiger partial charge in [0.15, 0.2) is 5.78 Å². The highest BCUT2D eigenvalue weighted by atomic mass is 35.5. The van der Waals surface area contributed by atoms with Gasteiger partial charge in [0.2, 0.25) is 5.95 Å². The molecule has 39 heavy (non-hydrogen) atoms. The van der Waals surface area contributed by atoms with E-state index in [1.54, 1.807) is 19.9 Å². The number of hydrogen-bond donors (Lipinski definition) is 1. The van der Waals surface area contributed by atoms with Gasteiger partial charge in [0, 0.05) is 22.5 Å². The van der Waals surface area contributed by atoms with E-state index in [9.17, 15) is 31.1 Å². The van der Waals surface area contributed by atoms with Gasteiger partial charge in [-0.15, -0.1) is 0 Å². The van der Waals surface area contributed by atoms with Crippen LogP contribution in [-0.2, 0) is 6.18 Å². The van der Waals surface area contributed by atoms with Crippen LogP contribution in [0.4, 0.5) is 36.7 Å². The molecule has 1 unspecified atom stereocenters. The number of benzene rings is 2. The predicted octanol–water partition coefficient (Wildman–Crippen LogP) is 9.02. The van der Waals surface area contributed by atoms with Crippen molar-refractivity contribution in [1.82, 2.24) is 9.97 Å². The van der Waals surface area contributed by atoms with Crippen molar-refractivity contribution in [2.24, 2.45) is 0 Å². The summed E-state index contributed by atoms with van der Waals surface area (Å²) in [5, 5.41) is 1.65. The molecule has 4 nitrogen and oxygen atoms in total. The highest BCUT2D eigenvalue weighted by molar-refractivity contribution is 6.48. The summed E-state index contributed by atoms with van der Waals surface area (Å²) in [5.41, 5.74) is -2.65. The molecule has 0 spiro atoms. The molecule has 0 aliphatic rings. The van der Waals surface area contributed by atoms with E-state index >= 15 is 4.39 Å². The van der Waals surface area contributed by atoms with E-state index in [2.05, 4.69) is 15.3 Å². The summed E-state index contributed by atoms with van der Waals surface area (Å²) in [6.07, 6.45) is -10.1. The van der Waals surface area contributed by atoms with Gasteiger partial charge in [0.05, 0.1) is 27.2 Å². The monoisotopic (exact) mass is 613 g/mol. The minimum Gasteiger partial charge on any atom is -0.347 e. The maximum Gasteiger partial charge on any atom is 0.417 e. The summed E-state index contributed by atoms with van der Waals surface area (Å²) in [6.45, 7) is 2.69. The van der Waals surface area contributed by atoms with Gasteiger partial charge in [-0.25, -0.2) is 14.4 Å². The number of halogens is 10. The van der Waals surface area contributed by atoms with E-state index in [4.69, 9.17) is 34.8 Å². The van der Waals surface area contributed by atoms with Crippen LogP contribution < -0.4 is 5.32 Å².